The first-order valence-electron chi connectivity index (χ1n) is 10.2. The van der Waals surface area contributed by atoms with E-state index in [4.69, 9.17) is 4.74 Å². The van der Waals surface area contributed by atoms with Gasteiger partial charge in [0, 0.05) is 4.90 Å². The lowest BCUT2D eigenvalue weighted by molar-refractivity contribution is -0.151. The Morgan fingerprint density at radius 1 is 1.00 bits per heavy atom. The van der Waals surface area contributed by atoms with Crippen LogP contribution in [0.3, 0.4) is 0 Å². The Hall–Kier alpha value is -3.27. The van der Waals surface area contributed by atoms with Crippen molar-refractivity contribution >= 4 is 41.1 Å². The smallest absolute Gasteiger partial charge is 0.329 e. The lowest BCUT2D eigenvalue weighted by atomic mass is 10.0. The first-order chi connectivity index (χ1) is 15.7. The Bertz CT molecular complexity index is 1040. The molecule has 1 atom stereocenters. The summed E-state index contributed by atoms with van der Waals surface area (Å²) in [6.45, 7) is 2.94. The number of benzene rings is 2. The number of esters is 1. The van der Waals surface area contributed by atoms with E-state index in [1.54, 1.807) is 24.3 Å². The van der Waals surface area contributed by atoms with Crippen molar-refractivity contribution in [2.45, 2.75) is 37.0 Å². The van der Waals surface area contributed by atoms with Gasteiger partial charge in [-0.2, -0.15) is 8.78 Å². The summed E-state index contributed by atoms with van der Waals surface area (Å²) in [5.74, 6) is -5.56. The molecule has 10 heteroatoms. The van der Waals surface area contributed by atoms with E-state index < -0.39 is 42.1 Å². The molecular weight excluding hydrogens is 454 g/mol. The van der Waals surface area contributed by atoms with Crippen molar-refractivity contribution in [2.75, 3.05) is 11.9 Å². The second-order valence-electron chi connectivity index (χ2n) is 7.70. The molecule has 2 aromatic carbocycles. The van der Waals surface area contributed by atoms with E-state index in [0.717, 1.165) is 4.90 Å². The number of carbonyl (C=O) groups is 4. The first-order valence-corrected chi connectivity index (χ1v) is 11.0. The number of rotatable bonds is 9. The summed E-state index contributed by atoms with van der Waals surface area (Å²) < 4.78 is 30.5. The molecule has 1 aliphatic heterocycles. The van der Waals surface area contributed by atoms with Gasteiger partial charge >= 0.3 is 5.97 Å². The standard InChI is InChI=1S/C23H22F2N2O5S/c1-13(2)11-17(27-20(29)14-7-3-4-8-15(14)21(27)30)22(31)32-12-19(28)26-16-9-5-6-10-18(16)33-23(24)25/h3-10,13,17,23H,11-12H2,1-2H3,(H,26,28). The van der Waals surface area contributed by atoms with Crippen LogP contribution in [0.4, 0.5) is 14.5 Å². The van der Waals surface area contributed by atoms with Crippen molar-refractivity contribution in [3.8, 4) is 0 Å². The van der Waals surface area contributed by atoms with Crippen molar-refractivity contribution in [3.63, 3.8) is 0 Å². The third-order valence-corrected chi connectivity index (χ3v) is 5.61. The lowest BCUT2D eigenvalue weighted by Crippen LogP contribution is -2.46. The quantitative estimate of drug-likeness (QED) is 0.331. The topological polar surface area (TPSA) is 92.8 Å². The van der Waals surface area contributed by atoms with Crippen LogP contribution in [0.1, 0.15) is 41.0 Å². The van der Waals surface area contributed by atoms with E-state index >= 15 is 0 Å². The summed E-state index contributed by atoms with van der Waals surface area (Å²) in [7, 11) is 0. The summed E-state index contributed by atoms with van der Waals surface area (Å²) in [5.41, 5.74) is 0.563. The molecule has 174 valence electrons. The molecule has 1 unspecified atom stereocenters. The zero-order valence-electron chi connectivity index (χ0n) is 17.9. The molecule has 1 N–H and O–H groups in total. The van der Waals surface area contributed by atoms with Crippen molar-refractivity contribution in [1.29, 1.82) is 0 Å². The van der Waals surface area contributed by atoms with Gasteiger partial charge in [0.25, 0.3) is 23.5 Å². The van der Waals surface area contributed by atoms with Crippen molar-refractivity contribution in [3.05, 3.63) is 59.7 Å². The number of imide groups is 1. The number of amides is 3. The first kappa shape index (κ1) is 24.4. The van der Waals surface area contributed by atoms with Gasteiger partial charge in [0.15, 0.2) is 6.61 Å². The maximum Gasteiger partial charge on any atom is 0.329 e. The Morgan fingerprint density at radius 2 is 1.58 bits per heavy atom. The van der Waals surface area contributed by atoms with Gasteiger partial charge in [0.05, 0.1) is 16.8 Å². The Labute approximate surface area is 193 Å². The fourth-order valence-corrected chi connectivity index (χ4v) is 4.03. The van der Waals surface area contributed by atoms with Crippen LogP contribution in [0, 0.1) is 5.92 Å². The highest BCUT2D eigenvalue weighted by Gasteiger charge is 2.43. The summed E-state index contributed by atoms with van der Waals surface area (Å²) in [6, 6.07) is 11.1. The Balaban J connectivity index is 1.69. The van der Waals surface area contributed by atoms with Crippen LogP contribution < -0.4 is 5.32 Å². The number of nitrogens with zero attached hydrogens (tertiary/aromatic N) is 1. The van der Waals surface area contributed by atoms with Crippen molar-refractivity contribution in [1.82, 2.24) is 4.90 Å². The number of hydrogen-bond acceptors (Lipinski definition) is 6. The third kappa shape index (κ3) is 5.75. The minimum absolute atomic E-state index is 0.0565. The molecule has 33 heavy (non-hydrogen) atoms. The number of ether oxygens (including phenoxy) is 1. The molecule has 2 aromatic rings. The SMILES string of the molecule is CC(C)CC(C(=O)OCC(=O)Nc1ccccc1SC(F)F)N1C(=O)c2ccccc2C1=O. The van der Waals surface area contributed by atoms with Crippen LogP contribution in [0.25, 0.3) is 0 Å². The molecule has 3 amide bonds. The van der Waals surface area contributed by atoms with Gasteiger partial charge in [-0.1, -0.05) is 49.9 Å². The van der Waals surface area contributed by atoms with Crippen LogP contribution in [-0.2, 0) is 14.3 Å². The van der Waals surface area contributed by atoms with Crippen LogP contribution in [0.15, 0.2) is 53.4 Å². The zero-order valence-corrected chi connectivity index (χ0v) is 18.7. The fourth-order valence-electron chi connectivity index (χ4n) is 3.43. The average Bonchev–Trinajstić information content (AvgIpc) is 3.01. The highest BCUT2D eigenvalue weighted by molar-refractivity contribution is 7.99. The van der Waals surface area contributed by atoms with E-state index in [9.17, 15) is 28.0 Å². The monoisotopic (exact) mass is 476 g/mol. The van der Waals surface area contributed by atoms with E-state index in [0.29, 0.717) is 0 Å². The molecule has 1 heterocycles. The van der Waals surface area contributed by atoms with E-state index in [-0.39, 0.29) is 45.8 Å². The molecule has 0 fully saturated rings. The highest BCUT2D eigenvalue weighted by Crippen LogP contribution is 2.31. The van der Waals surface area contributed by atoms with Crippen LogP contribution in [0.5, 0.6) is 0 Å². The number of nitrogens with one attached hydrogen (secondary N) is 1. The number of para-hydroxylation sites is 1. The summed E-state index contributed by atoms with van der Waals surface area (Å²) in [6.07, 6.45) is 0.153. The number of carbonyl (C=O) groups excluding carboxylic acids is 4. The summed E-state index contributed by atoms with van der Waals surface area (Å²) >= 11 is 0.277. The molecule has 7 nitrogen and oxygen atoms in total. The predicted molar refractivity (Wildman–Crippen MR) is 118 cm³/mol. The van der Waals surface area contributed by atoms with E-state index in [2.05, 4.69) is 5.32 Å². The predicted octanol–water partition coefficient (Wildman–Crippen LogP) is 4.19. The fraction of sp³-hybridized carbons (Fsp3) is 0.304. The normalized spacial score (nSPS) is 13.9. The van der Waals surface area contributed by atoms with Gasteiger partial charge in [-0.25, -0.2) is 4.79 Å². The lowest BCUT2D eigenvalue weighted by Gasteiger charge is -2.25. The highest BCUT2D eigenvalue weighted by atomic mass is 32.2. The van der Waals surface area contributed by atoms with Gasteiger partial charge in [0.1, 0.15) is 6.04 Å². The number of hydrogen-bond donors (Lipinski definition) is 1. The molecule has 0 radical (unpaired) electrons. The number of halogens is 2. The summed E-state index contributed by atoms with van der Waals surface area (Å²) in [4.78, 5) is 51.7. The molecule has 0 saturated carbocycles. The second kappa shape index (κ2) is 10.6. The summed E-state index contributed by atoms with van der Waals surface area (Å²) in [5, 5.41) is 2.43. The molecule has 0 bridgehead atoms. The van der Waals surface area contributed by atoms with E-state index in [1.807, 2.05) is 13.8 Å². The van der Waals surface area contributed by atoms with Gasteiger partial charge in [-0.05, 0) is 36.6 Å². The zero-order chi connectivity index (χ0) is 24.1. The van der Waals surface area contributed by atoms with E-state index in [1.165, 1.54) is 24.3 Å². The van der Waals surface area contributed by atoms with Crippen molar-refractivity contribution < 1.29 is 32.7 Å². The maximum atomic E-state index is 12.8. The minimum Gasteiger partial charge on any atom is -0.454 e. The number of alkyl halides is 2. The number of fused-ring (bicyclic) bond motifs is 1. The van der Waals surface area contributed by atoms with Crippen LogP contribution >= 0.6 is 11.8 Å². The van der Waals surface area contributed by atoms with Crippen LogP contribution in [0.2, 0.25) is 0 Å². The number of anilines is 1. The largest absolute Gasteiger partial charge is 0.454 e. The van der Waals surface area contributed by atoms with Gasteiger partial charge in [0.2, 0.25) is 0 Å². The number of thioether (sulfide) groups is 1. The molecule has 0 aromatic heterocycles. The minimum atomic E-state index is -2.67. The maximum absolute atomic E-state index is 12.8. The Kier molecular flexibility index (Phi) is 7.80. The van der Waals surface area contributed by atoms with Gasteiger partial charge in [-0.3, -0.25) is 19.3 Å². The molecule has 3 rings (SSSR count). The molecule has 0 saturated heterocycles. The molecule has 1 aliphatic rings. The second-order valence-corrected chi connectivity index (χ2v) is 8.73. The van der Waals surface area contributed by atoms with Crippen LogP contribution in [-0.4, -0.2) is 47.0 Å². The van der Waals surface area contributed by atoms with Crippen molar-refractivity contribution in [2.24, 2.45) is 5.92 Å². The molecule has 0 spiro atoms. The molecule has 0 aliphatic carbocycles. The average molecular weight is 477 g/mol. The Morgan fingerprint density at radius 3 is 2.15 bits per heavy atom. The van der Waals surface area contributed by atoms with Gasteiger partial charge in [-0.15, -0.1) is 0 Å². The molecular formula is C23H22F2N2O5S. The third-order valence-electron chi connectivity index (χ3n) is 4.83. The van der Waals surface area contributed by atoms with Gasteiger partial charge < -0.3 is 10.1 Å².